The standard InChI is InChI=1S/C12H26O6/c1-9(17-7-11(13)5-15-3)10(2)18-8-12(14)6-16-4/h9-14H,5-8H2,1-4H3. The smallest absolute Gasteiger partial charge is 0.101 e. The number of rotatable bonds is 11. The first-order valence-corrected chi connectivity index (χ1v) is 6.08. The zero-order valence-electron chi connectivity index (χ0n) is 11.7. The summed E-state index contributed by atoms with van der Waals surface area (Å²) >= 11 is 0. The zero-order chi connectivity index (χ0) is 14.0. The fourth-order valence-corrected chi connectivity index (χ4v) is 1.28. The van der Waals surface area contributed by atoms with Crippen molar-refractivity contribution >= 4 is 0 Å². The van der Waals surface area contributed by atoms with E-state index in [0.717, 1.165) is 0 Å². The number of hydrogen-bond acceptors (Lipinski definition) is 6. The van der Waals surface area contributed by atoms with Gasteiger partial charge in [-0.05, 0) is 13.8 Å². The van der Waals surface area contributed by atoms with E-state index in [1.165, 1.54) is 14.2 Å². The van der Waals surface area contributed by atoms with E-state index in [4.69, 9.17) is 18.9 Å². The quantitative estimate of drug-likeness (QED) is 0.540. The third kappa shape index (κ3) is 8.79. The molecular formula is C12H26O6. The lowest BCUT2D eigenvalue weighted by molar-refractivity contribution is -0.104. The van der Waals surface area contributed by atoms with Crippen LogP contribution in [0.4, 0.5) is 0 Å². The predicted molar refractivity (Wildman–Crippen MR) is 66.6 cm³/mol. The Balaban J connectivity index is 3.71. The van der Waals surface area contributed by atoms with Crippen LogP contribution in [0.2, 0.25) is 0 Å². The minimum atomic E-state index is -0.635. The van der Waals surface area contributed by atoms with Gasteiger partial charge in [-0.2, -0.15) is 0 Å². The molecule has 0 bridgehead atoms. The van der Waals surface area contributed by atoms with E-state index < -0.39 is 12.2 Å². The number of hydrogen-bond donors (Lipinski definition) is 2. The van der Waals surface area contributed by atoms with Crippen LogP contribution >= 0.6 is 0 Å². The summed E-state index contributed by atoms with van der Waals surface area (Å²) in [5.41, 5.74) is 0. The lowest BCUT2D eigenvalue weighted by atomic mass is 10.2. The van der Waals surface area contributed by atoms with Gasteiger partial charge in [-0.1, -0.05) is 0 Å². The average Bonchev–Trinajstić information content (AvgIpc) is 2.33. The highest BCUT2D eigenvalue weighted by Gasteiger charge is 2.16. The fourth-order valence-electron chi connectivity index (χ4n) is 1.28. The number of aliphatic hydroxyl groups excluding tert-OH is 2. The van der Waals surface area contributed by atoms with Gasteiger partial charge in [0.1, 0.15) is 12.2 Å². The van der Waals surface area contributed by atoms with Gasteiger partial charge in [0.2, 0.25) is 0 Å². The van der Waals surface area contributed by atoms with Crippen LogP contribution in [0.15, 0.2) is 0 Å². The molecule has 0 saturated heterocycles. The second-order valence-electron chi connectivity index (χ2n) is 4.30. The van der Waals surface area contributed by atoms with Gasteiger partial charge in [0, 0.05) is 14.2 Å². The fraction of sp³-hybridized carbons (Fsp3) is 1.00. The Kier molecular flexibility index (Phi) is 10.5. The molecule has 0 aromatic rings. The summed E-state index contributed by atoms with van der Waals surface area (Å²) in [6.45, 7) is 4.59. The van der Waals surface area contributed by atoms with Crippen molar-refractivity contribution in [2.24, 2.45) is 0 Å². The summed E-state index contributed by atoms with van der Waals surface area (Å²) in [7, 11) is 3.05. The van der Waals surface area contributed by atoms with E-state index in [1.807, 2.05) is 13.8 Å². The van der Waals surface area contributed by atoms with Gasteiger partial charge in [-0.15, -0.1) is 0 Å². The van der Waals surface area contributed by atoms with E-state index >= 15 is 0 Å². The number of methoxy groups -OCH3 is 2. The summed E-state index contributed by atoms with van der Waals surface area (Å²) in [6, 6.07) is 0. The van der Waals surface area contributed by atoms with Crippen molar-refractivity contribution in [2.45, 2.75) is 38.3 Å². The summed E-state index contributed by atoms with van der Waals surface area (Å²) < 4.78 is 20.5. The van der Waals surface area contributed by atoms with Gasteiger partial charge in [-0.25, -0.2) is 0 Å². The van der Waals surface area contributed by atoms with Crippen LogP contribution in [0, 0.1) is 0 Å². The van der Waals surface area contributed by atoms with E-state index in [2.05, 4.69) is 0 Å². The predicted octanol–water partition coefficient (Wildman–Crippen LogP) is -0.189. The largest absolute Gasteiger partial charge is 0.388 e. The van der Waals surface area contributed by atoms with Gasteiger partial charge in [0.25, 0.3) is 0 Å². The minimum Gasteiger partial charge on any atom is -0.388 e. The molecular weight excluding hydrogens is 240 g/mol. The van der Waals surface area contributed by atoms with Crippen LogP contribution in [0.5, 0.6) is 0 Å². The summed E-state index contributed by atoms with van der Waals surface area (Å²) in [5.74, 6) is 0. The van der Waals surface area contributed by atoms with Crippen LogP contribution in [-0.4, -0.2) is 75.3 Å². The van der Waals surface area contributed by atoms with Crippen LogP contribution in [0.3, 0.4) is 0 Å². The molecule has 2 N–H and O–H groups in total. The maximum Gasteiger partial charge on any atom is 0.101 e. The minimum absolute atomic E-state index is 0.175. The Morgan fingerprint density at radius 1 is 0.722 bits per heavy atom. The third-order valence-corrected chi connectivity index (χ3v) is 2.48. The maximum absolute atomic E-state index is 9.42. The van der Waals surface area contributed by atoms with Crippen LogP contribution in [-0.2, 0) is 18.9 Å². The Bertz CT molecular complexity index is 169. The lowest BCUT2D eigenvalue weighted by Crippen LogP contribution is -2.33. The third-order valence-electron chi connectivity index (χ3n) is 2.48. The van der Waals surface area contributed by atoms with Crippen molar-refractivity contribution in [1.29, 1.82) is 0 Å². The van der Waals surface area contributed by atoms with Gasteiger partial charge in [0.15, 0.2) is 0 Å². The molecule has 0 aromatic carbocycles. The molecule has 4 unspecified atom stereocenters. The van der Waals surface area contributed by atoms with Gasteiger partial charge in [-0.3, -0.25) is 0 Å². The number of aliphatic hydroxyl groups is 2. The Labute approximate surface area is 109 Å². The highest BCUT2D eigenvalue weighted by Crippen LogP contribution is 2.05. The van der Waals surface area contributed by atoms with E-state index in [0.29, 0.717) is 0 Å². The summed E-state index contributed by atoms with van der Waals surface area (Å²) in [6.07, 6.45) is -1.62. The number of ether oxygens (including phenoxy) is 4. The molecule has 0 aliphatic heterocycles. The molecule has 18 heavy (non-hydrogen) atoms. The van der Waals surface area contributed by atoms with Crippen molar-refractivity contribution in [3.63, 3.8) is 0 Å². The molecule has 0 rings (SSSR count). The zero-order valence-corrected chi connectivity index (χ0v) is 11.7. The molecule has 6 heteroatoms. The molecule has 0 aromatic heterocycles. The average molecular weight is 266 g/mol. The normalized spacial score (nSPS) is 18.3. The van der Waals surface area contributed by atoms with Crippen LogP contribution in [0.25, 0.3) is 0 Å². The van der Waals surface area contributed by atoms with Gasteiger partial charge in [0.05, 0.1) is 38.6 Å². The lowest BCUT2D eigenvalue weighted by Gasteiger charge is -2.23. The molecule has 0 spiro atoms. The van der Waals surface area contributed by atoms with Crippen molar-refractivity contribution in [3.05, 3.63) is 0 Å². The van der Waals surface area contributed by atoms with E-state index in [-0.39, 0.29) is 38.6 Å². The maximum atomic E-state index is 9.42. The molecule has 6 nitrogen and oxygen atoms in total. The Morgan fingerprint density at radius 3 is 1.33 bits per heavy atom. The summed E-state index contributed by atoms with van der Waals surface area (Å²) in [4.78, 5) is 0. The second-order valence-corrected chi connectivity index (χ2v) is 4.30. The van der Waals surface area contributed by atoms with Gasteiger partial charge >= 0.3 is 0 Å². The topological polar surface area (TPSA) is 77.4 Å². The first-order valence-electron chi connectivity index (χ1n) is 6.08. The van der Waals surface area contributed by atoms with Crippen molar-refractivity contribution < 1.29 is 29.2 Å². The molecule has 0 amide bonds. The molecule has 4 atom stereocenters. The molecule has 0 saturated carbocycles. The molecule has 0 fully saturated rings. The molecule has 0 aliphatic rings. The molecule has 0 aliphatic carbocycles. The molecule has 0 heterocycles. The second kappa shape index (κ2) is 10.7. The van der Waals surface area contributed by atoms with E-state index in [1.54, 1.807) is 0 Å². The van der Waals surface area contributed by atoms with E-state index in [9.17, 15) is 10.2 Å². The first kappa shape index (κ1) is 17.8. The van der Waals surface area contributed by atoms with Crippen molar-refractivity contribution in [1.82, 2.24) is 0 Å². The Hall–Kier alpha value is -0.240. The monoisotopic (exact) mass is 266 g/mol. The first-order chi connectivity index (χ1) is 8.51. The molecule has 110 valence electrons. The van der Waals surface area contributed by atoms with Crippen molar-refractivity contribution in [2.75, 3.05) is 40.6 Å². The highest BCUT2D eigenvalue weighted by atomic mass is 16.6. The summed E-state index contributed by atoms with van der Waals surface area (Å²) in [5, 5.41) is 18.8. The highest BCUT2D eigenvalue weighted by molar-refractivity contribution is 4.63. The van der Waals surface area contributed by atoms with Crippen LogP contribution < -0.4 is 0 Å². The van der Waals surface area contributed by atoms with Gasteiger partial charge < -0.3 is 29.2 Å². The van der Waals surface area contributed by atoms with Crippen molar-refractivity contribution in [3.8, 4) is 0 Å². The van der Waals surface area contributed by atoms with Crippen LogP contribution in [0.1, 0.15) is 13.8 Å². The SMILES string of the molecule is COCC(O)COC(C)C(C)OCC(O)COC. The Morgan fingerprint density at radius 2 is 1.06 bits per heavy atom. The molecule has 0 radical (unpaired) electrons.